The summed E-state index contributed by atoms with van der Waals surface area (Å²) in [5, 5.41) is 3.38. The fourth-order valence-corrected chi connectivity index (χ4v) is 4.74. The Labute approximate surface area is 196 Å². The summed E-state index contributed by atoms with van der Waals surface area (Å²) in [5.74, 6) is 0.734. The molecule has 0 radical (unpaired) electrons. The minimum absolute atomic E-state index is 0.179. The molecule has 0 aromatic rings. The van der Waals surface area contributed by atoms with Crippen LogP contribution in [0.15, 0.2) is 0 Å². The first-order valence-electron chi connectivity index (χ1n) is 13.9. The molecule has 0 spiro atoms. The summed E-state index contributed by atoms with van der Waals surface area (Å²) in [6.45, 7) is 11.0. The molecule has 2 atom stereocenters. The van der Waals surface area contributed by atoms with E-state index < -0.39 is 0 Å². The molecule has 1 amide bonds. The van der Waals surface area contributed by atoms with Gasteiger partial charge in [0.2, 0.25) is 5.91 Å². The van der Waals surface area contributed by atoms with Gasteiger partial charge >= 0.3 is 0 Å². The first-order valence-corrected chi connectivity index (χ1v) is 13.9. The van der Waals surface area contributed by atoms with Crippen LogP contribution in [0, 0.1) is 5.92 Å². The summed E-state index contributed by atoms with van der Waals surface area (Å²) in [5.41, 5.74) is 6.22. The lowest BCUT2D eigenvalue weighted by Crippen LogP contribution is -2.44. The molecule has 0 saturated carbocycles. The van der Waals surface area contributed by atoms with Crippen LogP contribution in [-0.4, -0.2) is 17.5 Å². The maximum Gasteiger partial charge on any atom is 0.220 e. The van der Waals surface area contributed by atoms with E-state index in [-0.39, 0.29) is 17.5 Å². The Morgan fingerprint density at radius 2 is 1.19 bits per heavy atom. The lowest BCUT2D eigenvalue weighted by Gasteiger charge is -2.32. The average molecular weight is 439 g/mol. The Kier molecular flexibility index (Phi) is 19.7. The van der Waals surface area contributed by atoms with Crippen molar-refractivity contribution in [1.82, 2.24) is 5.32 Å². The first-order chi connectivity index (χ1) is 14.8. The number of unbranched alkanes of at least 4 members (excludes halogenated alkanes) is 13. The van der Waals surface area contributed by atoms with Crippen molar-refractivity contribution >= 4 is 5.91 Å². The van der Waals surface area contributed by atoms with Crippen LogP contribution in [0.1, 0.15) is 157 Å². The van der Waals surface area contributed by atoms with Crippen molar-refractivity contribution in [1.29, 1.82) is 0 Å². The normalized spacial score (nSPS) is 13.9. The monoisotopic (exact) mass is 438 g/mol. The molecule has 0 bridgehead atoms. The molecule has 0 aliphatic heterocycles. The molecule has 0 aromatic heterocycles. The second-order valence-corrected chi connectivity index (χ2v) is 10.7. The Hall–Kier alpha value is -0.570. The van der Waals surface area contributed by atoms with Crippen LogP contribution < -0.4 is 11.1 Å². The molecular formula is C28H58N2O. The van der Waals surface area contributed by atoms with Crippen LogP contribution >= 0.6 is 0 Å². The molecule has 0 aliphatic carbocycles. The fraction of sp³-hybridized carbons (Fsp3) is 0.964. The molecule has 0 saturated heterocycles. The molecule has 0 heterocycles. The van der Waals surface area contributed by atoms with Gasteiger partial charge < -0.3 is 11.1 Å². The van der Waals surface area contributed by atoms with Gasteiger partial charge in [-0.25, -0.2) is 0 Å². The highest BCUT2D eigenvalue weighted by atomic mass is 16.1. The lowest BCUT2D eigenvalue weighted by atomic mass is 9.82. The van der Waals surface area contributed by atoms with E-state index in [1.165, 1.54) is 96.3 Å². The smallest absolute Gasteiger partial charge is 0.220 e. The van der Waals surface area contributed by atoms with Crippen LogP contribution in [0.5, 0.6) is 0 Å². The van der Waals surface area contributed by atoms with Crippen molar-refractivity contribution in [2.24, 2.45) is 11.7 Å². The SMILES string of the molecule is CCCCCCCCCCCC(CC(C)(C)N)C(CC)NC(=O)CCCCCCCC. The third kappa shape index (κ3) is 19.8. The number of carbonyl (C=O) groups excluding carboxylic acids is 1. The van der Waals surface area contributed by atoms with Crippen LogP contribution in [-0.2, 0) is 4.79 Å². The van der Waals surface area contributed by atoms with E-state index in [0.717, 1.165) is 19.3 Å². The van der Waals surface area contributed by atoms with E-state index in [4.69, 9.17) is 5.73 Å². The predicted octanol–water partition coefficient (Wildman–Crippen LogP) is 8.30. The van der Waals surface area contributed by atoms with Gasteiger partial charge in [0.15, 0.2) is 0 Å². The molecule has 186 valence electrons. The van der Waals surface area contributed by atoms with E-state index in [0.29, 0.717) is 12.3 Å². The lowest BCUT2D eigenvalue weighted by molar-refractivity contribution is -0.122. The minimum atomic E-state index is -0.179. The maximum atomic E-state index is 12.6. The highest BCUT2D eigenvalue weighted by molar-refractivity contribution is 5.76. The van der Waals surface area contributed by atoms with Gasteiger partial charge in [0.25, 0.3) is 0 Å². The number of amides is 1. The fourth-order valence-electron chi connectivity index (χ4n) is 4.74. The van der Waals surface area contributed by atoms with Gasteiger partial charge in [-0.15, -0.1) is 0 Å². The second-order valence-electron chi connectivity index (χ2n) is 10.7. The molecule has 0 aliphatic rings. The third-order valence-corrected chi connectivity index (χ3v) is 6.58. The topological polar surface area (TPSA) is 55.1 Å². The quantitative estimate of drug-likeness (QED) is 0.167. The zero-order chi connectivity index (χ0) is 23.4. The van der Waals surface area contributed by atoms with Gasteiger partial charge in [0, 0.05) is 18.0 Å². The highest BCUT2D eigenvalue weighted by Gasteiger charge is 2.26. The van der Waals surface area contributed by atoms with Gasteiger partial charge in [0.05, 0.1) is 0 Å². The number of hydrogen-bond donors (Lipinski definition) is 2. The van der Waals surface area contributed by atoms with Crippen molar-refractivity contribution in [3.63, 3.8) is 0 Å². The van der Waals surface area contributed by atoms with Gasteiger partial charge in [-0.1, -0.05) is 111 Å². The Bertz CT molecular complexity index is 402. The summed E-state index contributed by atoms with van der Waals surface area (Å²) < 4.78 is 0. The number of carbonyl (C=O) groups is 1. The van der Waals surface area contributed by atoms with Crippen LogP contribution in [0.2, 0.25) is 0 Å². The Morgan fingerprint density at radius 1 is 0.742 bits per heavy atom. The molecule has 31 heavy (non-hydrogen) atoms. The van der Waals surface area contributed by atoms with Crippen molar-refractivity contribution in [3.05, 3.63) is 0 Å². The third-order valence-electron chi connectivity index (χ3n) is 6.58. The van der Waals surface area contributed by atoms with Gasteiger partial charge in [0.1, 0.15) is 0 Å². The number of nitrogens with one attached hydrogen (secondary N) is 1. The molecule has 2 unspecified atom stereocenters. The zero-order valence-electron chi connectivity index (χ0n) is 22.1. The highest BCUT2D eigenvalue weighted by Crippen LogP contribution is 2.26. The van der Waals surface area contributed by atoms with E-state index in [1.807, 2.05) is 0 Å². The van der Waals surface area contributed by atoms with Gasteiger partial charge in [-0.3, -0.25) is 4.79 Å². The average Bonchev–Trinajstić information content (AvgIpc) is 2.71. The van der Waals surface area contributed by atoms with Gasteiger partial charge in [-0.05, 0) is 45.4 Å². The molecule has 0 aromatic carbocycles. The predicted molar refractivity (Wildman–Crippen MR) is 138 cm³/mol. The summed E-state index contributed by atoms with van der Waals surface area (Å²) in [6.07, 6.45) is 23.5. The maximum absolute atomic E-state index is 12.6. The molecule has 0 rings (SSSR count). The zero-order valence-corrected chi connectivity index (χ0v) is 22.1. The molecule has 3 N–H and O–H groups in total. The Morgan fingerprint density at radius 3 is 1.65 bits per heavy atom. The van der Waals surface area contributed by atoms with E-state index >= 15 is 0 Å². The van der Waals surface area contributed by atoms with Crippen LogP contribution in [0.25, 0.3) is 0 Å². The molecule has 0 fully saturated rings. The summed E-state index contributed by atoms with van der Waals surface area (Å²) in [7, 11) is 0. The van der Waals surface area contributed by atoms with Crippen molar-refractivity contribution < 1.29 is 4.79 Å². The summed E-state index contributed by atoms with van der Waals surface area (Å²) >= 11 is 0. The Balaban J connectivity index is 4.30. The van der Waals surface area contributed by atoms with Crippen LogP contribution in [0.4, 0.5) is 0 Å². The molecule has 3 heteroatoms. The molecular weight excluding hydrogens is 380 g/mol. The van der Waals surface area contributed by atoms with Crippen molar-refractivity contribution in [2.75, 3.05) is 0 Å². The van der Waals surface area contributed by atoms with E-state index in [2.05, 4.69) is 39.9 Å². The number of rotatable bonds is 22. The summed E-state index contributed by atoms with van der Waals surface area (Å²) in [6, 6.07) is 0.268. The first kappa shape index (κ1) is 30.4. The van der Waals surface area contributed by atoms with E-state index in [9.17, 15) is 4.79 Å². The standard InChI is InChI=1S/C28H58N2O/c1-6-9-11-13-15-16-17-18-20-22-25(24-28(4,5)29)26(8-3)30-27(31)23-21-19-14-12-10-7-2/h25-26H,6-24,29H2,1-5H3,(H,30,31). The number of nitrogens with two attached hydrogens (primary N) is 1. The molecule has 3 nitrogen and oxygen atoms in total. The van der Waals surface area contributed by atoms with Crippen molar-refractivity contribution in [3.8, 4) is 0 Å². The summed E-state index contributed by atoms with van der Waals surface area (Å²) in [4.78, 5) is 12.6. The van der Waals surface area contributed by atoms with E-state index in [1.54, 1.807) is 0 Å². The minimum Gasteiger partial charge on any atom is -0.353 e. The van der Waals surface area contributed by atoms with Gasteiger partial charge in [-0.2, -0.15) is 0 Å². The largest absolute Gasteiger partial charge is 0.353 e. The van der Waals surface area contributed by atoms with Crippen LogP contribution in [0.3, 0.4) is 0 Å². The van der Waals surface area contributed by atoms with Crippen molar-refractivity contribution in [2.45, 2.75) is 168 Å². The second kappa shape index (κ2) is 20.1. The number of hydrogen-bond acceptors (Lipinski definition) is 2.